The Hall–Kier alpha value is -2.31. The van der Waals surface area contributed by atoms with E-state index in [0.717, 1.165) is 0 Å². The molecule has 0 atom stereocenters. The molecule has 8 heteroatoms. The molecule has 2 aromatic rings. The zero-order valence-electron chi connectivity index (χ0n) is 11.4. The Bertz CT molecular complexity index is 735. The van der Waals surface area contributed by atoms with E-state index in [0.29, 0.717) is 5.56 Å². The minimum absolute atomic E-state index is 0.0875. The second-order valence-corrected chi connectivity index (χ2v) is 4.86. The van der Waals surface area contributed by atoms with E-state index >= 15 is 0 Å². The van der Waals surface area contributed by atoms with Gasteiger partial charge < -0.3 is 9.84 Å². The van der Waals surface area contributed by atoms with Gasteiger partial charge in [-0.1, -0.05) is 23.2 Å². The van der Waals surface area contributed by atoms with Gasteiger partial charge in [-0.2, -0.15) is 5.10 Å². The molecule has 0 unspecified atom stereocenters. The second kappa shape index (κ2) is 7.11. The van der Waals surface area contributed by atoms with Crippen LogP contribution in [-0.2, 0) is 0 Å². The molecule has 2 N–H and O–H groups in total. The van der Waals surface area contributed by atoms with Crippen molar-refractivity contribution >= 4 is 35.3 Å². The zero-order chi connectivity index (χ0) is 16.1. The summed E-state index contributed by atoms with van der Waals surface area (Å²) in [5.74, 6) is -0.450. The van der Waals surface area contributed by atoms with Crippen molar-refractivity contribution in [1.82, 2.24) is 10.4 Å². The Morgan fingerprint density at radius 1 is 1.45 bits per heavy atom. The van der Waals surface area contributed by atoms with Crippen LogP contribution >= 0.6 is 23.2 Å². The van der Waals surface area contributed by atoms with Crippen LogP contribution in [-0.4, -0.2) is 29.3 Å². The first-order valence-corrected chi connectivity index (χ1v) is 6.79. The number of phenols is 1. The smallest absolute Gasteiger partial charge is 0.274 e. The number of amides is 1. The number of ether oxygens (including phenoxy) is 1. The molecule has 0 radical (unpaired) electrons. The predicted molar refractivity (Wildman–Crippen MR) is 84.0 cm³/mol. The highest BCUT2D eigenvalue weighted by molar-refractivity contribution is 6.33. The highest BCUT2D eigenvalue weighted by Gasteiger charge is 2.10. The number of pyridine rings is 1. The van der Waals surface area contributed by atoms with Gasteiger partial charge >= 0.3 is 0 Å². The van der Waals surface area contributed by atoms with Crippen molar-refractivity contribution in [2.24, 2.45) is 5.10 Å². The normalized spacial score (nSPS) is 10.7. The quantitative estimate of drug-likeness (QED) is 0.509. The van der Waals surface area contributed by atoms with Gasteiger partial charge in [0, 0.05) is 6.20 Å². The molecule has 0 saturated heterocycles. The van der Waals surface area contributed by atoms with E-state index < -0.39 is 5.91 Å². The first-order chi connectivity index (χ1) is 10.5. The number of hydrogen-bond acceptors (Lipinski definition) is 5. The summed E-state index contributed by atoms with van der Waals surface area (Å²) in [5.41, 5.74) is 3.07. The van der Waals surface area contributed by atoms with Crippen molar-refractivity contribution in [3.63, 3.8) is 0 Å². The summed E-state index contributed by atoms with van der Waals surface area (Å²) >= 11 is 11.7. The van der Waals surface area contributed by atoms with Gasteiger partial charge in [0.05, 0.1) is 23.9 Å². The lowest BCUT2D eigenvalue weighted by Gasteiger charge is -2.06. The first kappa shape index (κ1) is 16.1. The van der Waals surface area contributed by atoms with Gasteiger partial charge in [0.25, 0.3) is 5.91 Å². The van der Waals surface area contributed by atoms with Crippen molar-refractivity contribution in [3.05, 3.63) is 51.8 Å². The Labute approximate surface area is 136 Å². The average molecular weight is 340 g/mol. The third-order valence-electron chi connectivity index (χ3n) is 2.65. The maximum atomic E-state index is 11.9. The van der Waals surface area contributed by atoms with Crippen molar-refractivity contribution in [3.8, 4) is 11.5 Å². The number of carbonyl (C=O) groups is 1. The number of aromatic hydroxyl groups is 1. The average Bonchev–Trinajstić information content (AvgIpc) is 2.50. The summed E-state index contributed by atoms with van der Waals surface area (Å²) in [6.07, 6.45) is 2.84. The molecule has 0 aliphatic rings. The van der Waals surface area contributed by atoms with Gasteiger partial charge in [0.2, 0.25) is 0 Å². The summed E-state index contributed by atoms with van der Waals surface area (Å²) in [6.45, 7) is 0. The number of hydrazone groups is 1. The van der Waals surface area contributed by atoms with Gasteiger partial charge in [-0.3, -0.25) is 4.79 Å². The largest absolute Gasteiger partial charge is 0.503 e. The van der Waals surface area contributed by atoms with Crippen molar-refractivity contribution in [1.29, 1.82) is 0 Å². The Kier molecular flexibility index (Phi) is 5.19. The van der Waals surface area contributed by atoms with Crippen molar-refractivity contribution in [2.75, 3.05) is 7.11 Å². The molecule has 1 heterocycles. The molecule has 114 valence electrons. The van der Waals surface area contributed by atoms with Crippen LogP contribution in [0.2, 0.25) is 10.2 Å². The fourth-order valence-corrected chi connectivity index (χ4v) is 2.03. The summed E-state index contributed by atoms with van der Waals surface area (Å²) in [5, 5.41) is 13.6. The lowest BCUT2D eigenvalue weighted by molar-refractivity contribution is 0.0955. The lowest BCUT2D eigenvalue weighted by atomic mass is 10.2. The number of rotatable bonds is 4. The third-order valence-corrected chi connectivity index (χ3v) is 3.24. The lowest BCUT2D eigenvalue weighted by Crippen LogP contribution is -2.18. The summed E-state index contributed by atoms with van der Waals surface area (Å²) in [6, 6.07) is 6.12. The molecule has 22 heavy (non-hydrogen) atoms. The monoisotopic (exact) mass is 339 g/mol. The molecule has 0 bridgehead atoms. The van der Waals surface area contributed by atoms with E-state index in [1.807, 2.05) is 0 Å². The number of aromatic nitrogens is 1. The number of hydrogen-bond donors (Lipinski definition) is 2. The molecule has 2 rings (SSSR count). The van der Waals surface area contributed by atoms with E-state index in [4.69, 9.17) is 27.9 Å². The number of nitrogens with zero attached hydrogens (tertiary/aromatic N) is 2. The van der Waals surface area contributed by atoms with E-state index in [-0.39, 0.29) is 27.2 Å². The maximum absolute atomic E-state index is 11.9. The van der Waals surface area contributed by atoms with Gasteiger partial charge in [0.1, 0.15) is 5.15 Å². The van der Waals surface area contributed by atoms with Gasteiger partial charge in [-0.05, 0) is 29.8 Å². The number of phenolic OH excluding ortho intramolecular Hbond substituents is 1. The van der Waals surface area contributed by atoms with Crippen molar-refractivity contribution in [2.45, 2.75) is 0 Å². The number of benzene rings is 1. The van der Waals surface area contributed by atoms with Gasteiger partial charge in [-0.25, -0.2) is 10.4 Å². The molecule has 1 aromatic heterocycles. The topological polar surface area (TPSA) is 83.8 Å². The third kappa shape index (κ3) is 3.66. The van der Waals surface area contributed by atoms with Crippen LogP contribution < -0.4 is 10.2 Å². The molecule has 0 aliphatic carbocycles. The molecular formula is C14H11Cl2N3O3. The molecule has 0 spiro atoms. The zero-order valence-corrected chi connectivity index (χ0v) is 12.9. The standard InChI is InChI=1S/C14H11Cl2N3O3/c1-22-11-6-8(5-10(15)12(11)20)7-18-19-14(21)9-3-2-4-17-13(9)16/h2-7,20H,1H3,(H,19,21). The molecule has 0 saturated carbocycles. The molecule has 0 aliphatic heterocycles. The summed E-state index contributed by atoms with van der Waals surface area (Å²) in [4.78, 5) is 15.7. The maximum Gasteiger partial charge on any atom is 0.274 e. The van der Waals surface area contributed by atoms with Crippen LogP contribution in [0.15, 0.2) is 35.6 Å². The predicted octanol–water partition coefficient (Wildman–Crippen LogP) is 2.87. The Balaban J connectivity index is 2.12. The number of nitrogens with one attached hydrogen (secondary N) is 1. The molecule has 6 nitrogen and oxygen atoms in total. The molecule has 1 amide bonds. The summed E-state index contributed by atoms with van der Waals surface area (Å²) < 4.78 is 4.97. The molecule has 0 fully saturated rings. The second-order valence-electron chi connectivity index (χ2n) is 4.09. The van der Waals surface area contributed by atoms with Crippen LogP contribution in [0.5, 0.6) is 11.5 Å². The van der Waals surface area contributed by atoms with Crippen LogP contribution in [0.4, 0.5) is 0 Å². The minimum atomic E-state index is -0.494. The first-order valence-electron chi connectivity index (χ1n) is 6.03. The number of halogens is 2. The Morgan fingerprint density at radius 2 is 2.23 bits per heavy atom. The molecular weight excluding hydrogens is 329 g/mol. The number of carbonyl (C=O) groups excluding carboxylic acids is 1. The highest BCUT2D eigenvalue weighted by atomic mass is 35.5. The van der Waals surface area contributed by atoms with E-state index in [1.54, 1.807) is 6.07 Å². The van der Waals surface area contributed by atoms with Gasteiger partial charge in [0.15, 0.2) is 11.5 Å². The fourth-order valence-electron chi connectivity index (χ4n) is 1.60. The van der Waals surface area contributed by atoms with Gasteiger partial charge in [-0.15, -0.1) is 0 Å². The van der Waals surface area contributed by atoms with Crippen LogP contribution in [0.1, 0.15) is 15.9 Å². The summed E-state index contributed by atoms with van der Waals surface area (Å²) in [7, 11) is 1.40. The highest BCUT2D eigenvalue weighted by Crippen LogP contribution is 2.34. The number of methoxy groups -OCH3 is 1. The Morgan fingerprint density at radius 3 is 2.91 bits per heavy atom. The van der Waals surface area contributed by atoms with Crippen LogP contribution in [0.25, 0.3) is 0 Å². The SMILES string of the molecule is COc1cc(C=NNC(=O)c2cccnc2Cl)cc(Cl)c1O. The van der Waals surface area contributed by atoms with E-state index in [9.17, 15) is 9.90 Å². The van der Waals surface area contributed by atoms with E-state index in [2.05, 4.69) is 15.5 Å². The van der Waals surface area contributed by atoms with Crippen LogP contribution in [0.3, 0.4) is 0 Å². The van der Waals surface area contributed by atoms with Crippen molar-refractivity contribution < 1.29 is 14.6 Å². The fraction of sp³-hybridized carbons (Fsp3) is 0.0714. The molecule has 1 aromatic carbocycles. The van der Waals surface area contributed by atoms with Crippen LogP contribution in [0, 0.1) is 0 Å². The van der Waals surface area contributed by atoms with E-state index in [1.165, 1.54) is 37.7 Å². The minimum Gasteiger partial charge on any atom is -0.503 e.